The highest BCUT2D eigenvalue weighted by Crippen LogP contribution is 2.31. The van der Waals surface area contributed by atoms with Crippen LogP contribution in [0.15, 0.2) is 30.3 Å². The topological polar surface area (TPSA) is 80.3 Å². The van der Waals surface area contributed by atoms with Crippen molar-refractivity contribution in [1.29, 1.82) is 0 Å². The number of methoxy groups -OCH3 is 3. The van der Waals surface area contributed by atoms with Crippen LogP contribution in [0, 0.1) is 6.92 Å². The van der Waals surface area contributed by atoms with E-state index in [-0.39, 0.29) is 19.0 Å². The molecule has 0 aliphatic rings. The zero-order chi connectivity index (χ0) is 20.7. The average molecular weight is 388 g/mol. The van der Waals surface area contributed by atoms with E-state index in [0.717, 1.165) is 11.1 Å². The van der Waals surface area contributed by atoms with Gasteiger partial charge in [0.2, 0.25) is 0 Å². The van der Waals surface area contributed by atoms with Crippen LogP contribution in [-0.4, -0.2) is 39.7 Å². The van der Waals surface area contributed by atoms with E-state index in [1.54, 1.807) is 38.5 Å². The van der Waals surface area contributed by atoms with Gasteiger partial charge < -0.3 is 23.7 Å². The second kappa shape index (κ2) is 9.64. The molecule has 0 heterocycles. The maximum atomic E-state index is 12.1. The molecule has 7 nitrogen and oxygen atoms in total. The molecule has 0 amide bonds. The third-order valence-corrected chi connectivity index (χ3v) is 4.15. The Balaban J connectivity index is 1.98. The van der Waals surface area contributed by atoms with Crippen LogP contribution >= 0.6 is 0 Å². The zero-order valence-electron chi connectivity index (χ0n) is 16.7. The molecule has 0 saturated carbocycles. The quantitative estimate of drug-likeness (QED) is 0.481. The molecular weight excluding hydrogens is 364 g/mol. The van der Waals surface area contributed by atoms with Gasteiger partial charge in [0, 0.05) is 5.56 Å². The predicted octanol–water partition coefficient (Wildman–Crippen LogP) is 3.35. The van der Waals surface area contributed by atoms with Crippen LogP contribution in [-0.2, 0) is 16.1 Å². The van der Waals surface area contributed by atoms with E-state index in [0.29, 0.717) is 28.6 Å². The zero-order valence-corrected chi connectivity index (χ0v) is 16.7. The smallest absolute Gasteiger partial charge is 0.344 e. The number of carbonyl (C=O) groups is 2. The maximum Gasteiger partial charge on any atom is 0.344 e. The Morgan fingerprint density at radius 3 is 2.07 bits per heavy atom. The minimum atomic E-state index is -0.535. The van der Waals surface area contributed by atoms with Gasteiger partial charge in [0.1, 0.15) is 6.61 Å². The molecule has 150 valence electrons. The number of ether oxygens (including phenoxy) is 5. The lowest BCUT2D eigenvalue weighted by Crippen LogP contribution is -2.15. The van der Waals surface area contributed by atoms with Crippen LogP contribution in [0.5, 0.6) is 23.0 Å². The van der Waals surface area contributed by atoms with Gasteiger partial charge in [-0.3, -0.25) is 4.79 Å². The van der Waals surface area contributed by atoms with Crippen molar-refractivity contribution in [3.05, 3.63) is 47.0 Å². The summed E-state index contributed by atoms with van der Waals surface area (Å²) in [6, 6.07) is 8.35. The molecule has 0 aromatic heterocycles. The third-order valence-electron chi connectivity index (χ3n) is 4.15. The highest BCUT2D eigenvalue weighted by atomic mass is 16.6. The first-order chi connectivity index (χ1) is 13.4. The first kappa shape index (κ1) is 21.1. The van der Waals surface area contributed by atoms with Crippen molar-refractivity contribution < 1.29 is 33.3 Å². The van der Waals surface area contributed by atoms with Crippen LogP contribution in [0.2, 0.25) is 0 Å². The van der Waals surface area contributed by atoms with Crippen molar-refractivity contribution >= 4 is 11.8 Å². The standard InChI is InChI=1S/C21H24O7/c1-13-8-18(24-3)20(26-5)10-16(13)11-28-21(23)12-27-17-7-6-15(14(2)22)9-19(17)25-4/h6-10H,11-12H2,1-5H3. The molecular formula is C21H24O7. The number of hydrogen-bond donors (Lipinski definition) is 0. The summed E-state index contributed by atoms with van der Waals surface area (Å²) >= 11 is 0. The van der Waals surface area contributed by atoms with Crippen molar-refractivity contribution in [1.82, 2.24) is 0 Å². The number of aryl methyl sites for hydroxylation is 1. The molecule has 0 radical (unpaired) electrons. The van der Waals surface area contributed by atoms with Crippen molar-refractivity contribution in [2.24, 2.45) is 0 Å². The minimum Gasteiger partial charge on any atom is -0.493 e. The Bertz CT molecular complexity index is 858. The van der Waals surface area contributed by atoms with E-state index in [9.17, 15) is 9.59 Å². The van der Waals surface area contributed by atoms with E-state index in [2.05, 4.69) is 0 Å². The highest BCUT2D eigenvalue weighted by Gasteiger charge is 2.13. The van der Waals surface area contributed by atoms with Gasteiger partial charge in [-0.1, -0.05) is 0 Å². The van der Waals surface area contributed by atoms with Gasteiger partial charge in [0.15, 0.2) is 35.4 Å². The molecule has 28 heavy (non-hydrogen) atoms. The summed E-state index contributed by atoms with van der Waals surface area (Å²) < 4.78 is 26.5. The molecule has 0 saturated heterocycles. The highest BCUT2D eigenvalue weighted by molar-refractivity contribution is 5.94. The molecule has 0 spiro atoms. The van der Waals surface area contributed by atoms with Gasteiger partial charge in [-0.25, -0.2) is 4.79 Å². The molecule has 0 aliphatic heterocycles. The Morgan fingerprint density at radius 2 is 1.46 bits per heavy atom. The second-order valence-corrected chi connectivity index (χ2v) is 6.00. The summed E-state index contributed by atoms with van der Waals surface area (Å²) in [6.07, 6.45) is 0. The van der Waals surface area contributed by atoms with Gasteiger partial charge in [-0.05, 0) is 55.3 Å². The molecule has 0 unspecified atom stereocenters. The summed E-state index contributed by atoms with van der Waals surface area (Å²) in [5, 5.41) is 0. The van der Waals surface area contributed by atoms with E-state index in [1.807, 2.05) is 13.0 Å². The number of rotatable bonds is 9. The molecule has 0 fully saturated rings. The number of Topliss-reactive ketones (excluding diaryl/α,β-unsaturated/α-hetero) is 1. The SMILES string of the molecule is COc1cc(C)c(COC(=O)COc2ccc(C(C)=O)cc2OC)cc1OC. The van der Waals surface area contributed by atoms with Crippen LogP contribution < -0.4 is 18.9 Å². The number of ketones is 1. The molecule has 0 atom stereocenters. The Kier molecular flexibility index (Phi) is 7.26. The van der Waals surface area contributed by atoms with Crippen molar-refractivity contribution in [3.63, 3.8) is 0 Å². The Labute approximate surface area is 164 Å². The normalized spacial score (nSPS) is 10.2. The number of carbonyl (C=O) groups excluding carboxylic acids is 2. The largest absolute Gasteiger partial charge is 0.493 e. The molecule has 2 aromatic rings. The molecule has 2 rings (SSSR count). The van der Waals surface area contributed by atoms with Gasteiger partial charge in [0.05, 0.1) is 21.3 Å². The fraction of sp³-hybridized carbons (Fsp3) is 0.333. The second-order valence-electron chi connectivity index (χ2n) is 6.00. The van der Waals surface area contributed by atoms with Crippen molar-refractivity contribution in [2.45, 2.75) is 20.5 Å². The van der Waals surface area contributed by atoms with Gasteiger partial charge in [-0.2, -0.15) is 0 Å². The molecule has 2 aromatic carbocycles. The van der Waals surface area contributed by atoms with Crippen LogP contribution in [0.1, 0.15) is 28.4 Å². The summed E-state index contributed by atoms with van der Waals surface area (Å²) in [4.78, 5) is 23.5. The summed E-state index contributed by atoms with van der Waals surface area (Å²) in [7, 11) is 4.57. The minimum absolute atomic E-state index is 0.0782. The monoisotopic (exact) mass is 388 g/mol. The predicted molar refractivity (Wildman–Crippen MR) is 103 cm³/mol. The molecule has 7 heteroatoms. The van der Waals surface area contributed by atoms with E-state index in [1.165, 1.54) is 14.0 Å². The summed E-state index contributed by atoms with van der Waals surface area (Å²) in [5.74, 6) is 1.27. The lowest BCUT2D eigenvalue weighted by atomic mass is 10.1. The molecule has 0 N–H and O–H groups in total. The fourth-order valence-electron chi connectivity index (χ4n) is 2.52. The van der Waals surface area contributed by atoms with Gasteiger partial charge in [-0.15, -0.1) is 0 Å². The Morgan fingerprint density at radius 1 is 0.857 bits per heavy atom. The number of benzene rings is 2. The van der Waals surface area contributed by atoms with Gasteiger partial charge >= 0.3 is 5.97 Å². The first-order valence-electron chi connectivity index (χ1n) is 8.58. The fourth-order valence-corrected chi connectivity index (χ4v) is 2.52. The van der Waals surface area contributed by atoms with E-state index < -0.39 is 5.97 Å². The van der Waals surface area contributed by atoms with Crippen LogP contribution in [0.4, 0.5) is 0 Å². The lowest BCUT2D eigenvalue weighted by Gasteiger charge is -2.14. The third kappa shape index (κ3) is 5.16. The molecule has 0 aliphatic carbocycles. The van der Waals surface area contributed by atoms with E-state index in [4.69, 9.17) is 23.7 Å². The number of esters is 1. The maximum absolute atomic E-state index is 12.1. The lowest BCUT2D eigenvalue weighted by molar-refractivity contribution is -0.147. The number of hydrogen-bond acceptors (Lipinski definition) is 7. The Hall–Kier alpha value is -3.22. The average Bonchev–Trinajstić information content (AvgIpc) is 2.70. The van der Waals surface area contributed by atoms with Gasteiger partial charge in [0.25, 0.3) is 0 Å². The van der Waals surface area contributed by atoms with Crippen LogP contribution in [0.25, 0.3) is 0 Å². The van der Waals surface area contributed by atoms with Crippen molar-refractivity contribution in [2.75, 3.05) is 27.9 Å². The summed E-state index contributed by atoms with van der Waals surface area (Å²) in [5.41, 5.74) is 2.21. The summed E-state index contributed by atoms with van der Waals surface area (Å²) in [6.45, 7) is 3.14. The first-order valence-corrected chi connectivity index (χ1v) is 8.58. The molecule has 0 bridgehead atoms. The van der Waals surface area contributed by atoms with Crippen LogP contribution in [0.3, 0.4) is 0 Å². The van der Waals surface area contributed by atoms with E-state index >= 15 is 0 Å². The van der Waals surface area contributed by atoms with Crippen molar-refractivity contribution in [3.8, 4) is 23.0 Å².